The Bertz CT molecular complexity index is 352. The van der Waals surface area contributed by atoms with Crippen molar-refractivity contribution in [2.24, 2.45) is 5.92 Å². The molecule has 1 saturated heterocycles. The van der Waals surface area contributed by atoms with E-state index in [1.165, 1.54) is 0 Å². The number of anilines is 1. The molecule has 0 bridgehead atoms. The van der Waals surface area contributed by atoms with Gasteiger partial charge in [0.2, 0.25) is 5.82 Å². The standard InChI is InChI=1S/C9H11N5/c10-3-9-12-2-1-8(14-9)13-6-7-4-11-5-7/h1-2,7,11H,4-6H2,(H,12,13,14). The van der Waals surface area contributed by atoms with E-state index in [4.69, 9.17) is 5.26 Å². The van der Waals surface area contributed by atoms with Gasteiger partial charge in [0.1, 0.15) is 11.9 Å². The molecule has 72 valence electrons. The van der Waals surface area contributed by atoms with Crippen molar-refractivity contribution in [3.63, 3.8) is 0 Å². The molecule has 1 aliphatic rings. The van der Waals surface area contributed by atoms with Crippen LogP contribution in [0.5, 0.6) is 0 Å². The smallest absolute Gasteiger partial charge is 0.234 e. The Hall–Kier alpha value is -1.67. The molecule has 1 fully saturated rings. The number of hydrogen-bond acceptors (Lipinski definition) is 5. The molecular formula is C9H11N5. The largest absolute Gasteiger partial charge is 0.370 e. The fraction of sp³-hybridized carbons (Fsp3) is 0.444. The highest BCUT2D eigenvalue weighted by Gasteiger charge is 2.15. The number of nitrogens with zero attached hydrogens (tertiary/aromatic N) is 3. The Labute approximate surface area is 82.2 Å². The van der Waals surface area contributed by atoms with Crippen LogP contribution in [0.15, 0.2) is 12.3 Å². The van der Waals surface area contributed by atoms with Gasteiger partial charge in [-0.1, -0.05) is 0 Å². The van der Waals surface area contributed by atoms with Crippen LogP contribution in [0.3, 0.4) is 0 Å². The van der Waals surface area contributed by atoms with E-state index in [2.05, 4.69) is 20.6 Å². The first-order valence-electron chi connectivity index (χ1n) is 4.56. The zero-order valence-corrected chi connectivity index (χ0v) is 7.70. The first-order valence-corrected chi connectivity index (χ1v) is 4.56. The first-order chi connectivity index (χ1) is 6.88. The van der Waals surface area contributed by atoms with Crippen molar-refractivity contribution in [2.75, 3.05) is 25.0 Å². The minimum atomic E-state index is 0.210. The summed E-state index contributed by atoms with van der Waals surface area (Å²) in [5.74, 6) is 1.61. The van der Waals surface area contributed by atoms with Gasteiger partial charge in [0.05, 0.1) is 0 Å². The van der Waals surface area contributed by atoms with Crippen molar-refractivity contribution in [3.05, 3.63) is 18.1 Å². The summed E-state index contributed by atoms with van der Waals surface area (Å²) in [6.45, 7) is 3.02. The molecule has 0 amide bonds. The molecule has 2 heterocycles. The van der Waals surface area contributed by atoms with E-state index >= 15 is 0 Å². The topological polar surface area (TPSA) is 73.6 Å². The van der Waals surface area contributed by atoms with Crippen LogP contribution >= 0.6 is 0 Å². The normalized spacial score (nSPS) is 15.6. The highest BCUT2D eigenvalue weighted by molar-refractivity contribution is 5.34. The van der Waals surface area contributed by atoms with Crippen LogP contribution < -0.4 is 10.6 Å². The van der Waals surface area contributed by atoms with Crippen LogP contribution in [0.4, 0.5) is 5.82 Å². The highest BCUT2D eigenvalue weighted by atomic mass is 15.0. The van der Waals surface area contributed by atoms with E-state index in [-0.39, 0.29) is 5.82 Å². The third kappa shape index (κ3) is 1.98. The second kappa shape index (κ2) is 4.03. The molecule has 1 aromatic heterocycles. The van der Waals surface area contributed by atoms with E-state index in [0.717, 1.165) is 25.5 Å². The monoisotopic (exact) mass is 189 g/mol. The van der Waals surface area contributed by atoms with Gasteiger partial charge >= 0.3 is 0 Å². The third-order valence-corrected chi connectivity index (χ3v) is 2.19. The Morgan fingerprint density at radius 1 is 1.64 bits per heavy atom. The van der Waals surface area contributed by atoms with Gasteiger partial charge in [-0.05, 0) is 6.07 Å². The van der Waals surface area contributed by atoms with Crippen LogP contribution in [-0.2, 0) is 0 Å². The average molecular weight is 189 g/mol. The molecule has 5 nitrogen and oxygen atoms in total. The summed E-state index contributed by atoms with van der Waals surface area (Å²) in [5.41, 5.74) is 0. The number of rotatable bonds is 3. The maximum absolute atomic E-state index is 8.58. The fourth-order valence-electron chi connectivity index (χ4n) is 1.25. The summed E-state index contributed by atoms with van der Waals surface area (Å²) >= 11 is 0. The van der Waals surface area contributed by atoms with E-state index in [1.807, 2.05) is 6.07 Å². The van der Waals surface area contributed by atoms with Crippen LogP contribution in [0, 0.1) is 17.2 Å². The van der Waals surface area contributed by atoms with Crippen molar-refractivity contribution < 1.29 is 0 Å². The summed E-state index contributed by atoms with van der Waals surface area (Å²) in [6, 6.07) is 3.68. The Morgan fingerprint density at radius 3 is 3.14 bits per heavy atom. The fourth-order valence-corrected chi connectivity index (χ4v) is 1.25. The maximum Gasteiger partial charge on any atom is 0.234 e. The molecule has 1 aromatic rings. The molecule has 0 aromatic carbocycles. The molecule has 2 rings (SSSR count). The van der Waals surface area contributed by atoms with Gasteiger partial charge in [0.25, 0.3) is 0 Å². The van der Waals surface area contributed by atoms with E-state index in [0.29, 0.717) is 5.92 Å². The second-order valence-corrected chi connectivity index (χ2v) is 3.28. The minimum Gasteiger partial charge on any atom is -0.370 e. The van der Waals surface area contributed by atoms with Crippen molar-refractivity contribution in [2.45, 2.75) is 0 Å². The summed E-state index contributed by atoms with van der Waals surface area (Å²) < 4.78 is 0. The lowest BCUT2D eigenvalue weighted by atomic mass is 10.0. The predicted molar refractivity (Wildman–Crippen MR) is 51.6 cm³/mol. The van der Waals surface area contributed by atoms with Gasteiger partial charge in [-0.2, -0.15) is 5.26 Å². The summed E-state index contributed by atoms with van der Waals surface area (Å²) in [6.07, 6.45) is 1.59. The molecule has 14 heavy (non-hydrogen) atoms. The molecule has 2 N–H and O–H groups in total. The molecular weight excluding hydrogens is 178 g/mol. The van der Waals surface area contributed by atoms with Crippen molar-refractivity contribution >= 4 is 5.82 Å². The third-order valence-electron chi connectivity index (χ3n) is 2.19. The van der Waals surface area contributed by atoms with Gasteiger partial charge < -0.3 is 10.6 Å². The number of nitrogens with one attached hydrogen (secondary N) is 2. The Kier molecular flexibility index (Phi) is 2.56. The summed E-state index contributed by atoms with van der Waals surface area (Å²) in [5, 5.41) is 15.0. The number of hydrogen-bond donors (Lipinski definition) is 2. The molecule has 1 aliphatic heterocycles. The quantitative estimate of drug-likeness (QED) is 0.699. The van der Waals surface area contributed by atoms with Crippen molar-refractivity contribution in [3.8, 4) is 6.07 Å². The highest BCUT2D eigenvalue weighted by Crippen LogP contribution is 2.06. The predicted octanol–water partition coefficient (Wildman–Crippen LogP) is -0.0204. The van der Waals surface area contributed by atoms with Crippen molar-refractivity contribution in [1.82, 2.24) is 15.3 Å². The lowest BCUT2D eigenvalue weighted by molar-refractivity contribution is 0.365. The van der Waals surface area contributed by atoms with Crippen LogP contribution in [-0.4, -0.2) is 29.6 Å². The number of aromatic nitrogens is 2. The molecule has 0 saturated carbocycles. The second-order valence-electron chi connectivity index (χ2n) is 3.28. The molecule has 0 unspecified atom stereocenters. The van der Waals surface area contributed by atoms with Gasteiger partial charge in [-0.25, -0.2) is 9.97 Å². The Balaban J connectivity index is 1.91. The maximum atomic E-state index is 8.58. The van der Waals surface area contributed by atoms with Crippen LogP contribution in [0.1, 0.15) is 5.82 Å². The van der Waals surface area contributed by atoms with E-state index < -0.39 is 0 Å². The summed E-state index contributed by atoms with van der Waals surface area (Å²) in [7, 11) is 0. The molecule has 0 atom stereocenters. The van der Waals surface area contributed by atoms with Gasteiger partial charge in [-0.3, -0.25) is 0 Å². The number of nitriles is 1. The SMILES string of the molecule is N#Cc1nccc(NCC2CNC2)n1. The van der Waals surface area contributed by atoms with Crippen LogP contribution in [0.2, 0.25) is 0 Å². The minimum absolute atomic E-state index is 0.210. The lowest BCUT2D eigenvalue weighted by Crippen LogP contribution is -2.45. The molecule has 0 radical (unpaired) electrons. The van der Waals surface area contributed by atoms with Crippen LogP contribution in [0.25, 0.3) is 0 Å². The molecule has 0 aliphatic carbocycles. The zero-order chi connectivity index (χ0) is 9.80. The van der Waals surface area contributed by atoms with Gasteiger partial charge in [0.15, 0.2) is 0 Å². The van der Waals surface area contributed by atoms with E-state index in [1.54, 1.807) is 12.3 Å². The average Bonchev–Trinajstić information content (AvgIpc) is 2.16. The van der Waals surface area contributed by atoms with E-state index in [9.17, 15) is 0 Å². The lowest BCUT2D eigenvalue weighted by Gasteiger charge is -2.27. The molecule has 0 spiro atoms. The Morgan fingerprint density at radius 2 is 2.50 bits per heavy atom. The van der Waals surface area contributed by atoms with Gasteiger partial charge in [0, 0.05) is 31.7 Å². The van der Waals surface area contributed by atoms with Crippen molar-refractivity contribution in [1.29, 1.82) is 5.26 Å². The molecule has 5 heteroatoms. The summed E-state index contributed by atoms with van der Waals surface area (Å²) in [4.78, 5) is 7.81. The first kappa shape index (κ1) is 8.91. The van der Waals surface area contributed by atoms with Gasteiger partial charge in [-0.15, -0.1) is 0 Å². The zero-order valence-electron chi connectivity index (χ0n) is 7.70.